The van der Waals surface area contributed by atoms with Crippen LogP contribution in [0.3, 0.4) is 0 Å². The van der Waals surface area contributed by atoms with E-state index in [1.807, 2.05) is 26.0 Å². The zero-order chi connectivity index (χ0) is 14.3. The minimum atomic E-state index is -1.07. The second-order valence-corrected chi connectivity index (χ2v) is 5.98. The summed E-state index contributed by atoms with van der Waals surface area (Å²) in [4.78, 5) is 23.7. The summed E-state index contributed by atoms with van der Waals surface area (Å²) in [6.45, 7) is 5.39. The van der Waals surface area contributed by atoms with Gasteiger partial charge in [-0.25, -0.2) is 4.79 Å². The van der Waals surface area contributed by atoms with Gasteiger partial charge in [-0.15, -0.1) is 0 Å². The average molecular weight is 371 g/mol. The van der Waals surface area contributed by atoms with Crippen molar-refractivity contribution < 1.29 is 9.90 Å². The van der Waals surface area contributed by atoms with Gasteiger partial charge in [-0.1, -0.05) is 0 Å². The van der Waals surface area contributed by atoms with Crippen LogP contribution >= 0.6 is 22.6 Å². The molecule has 0 aliphatic carbocycles. The van der Waals surface area contributed by atoms with Gasteiger partial charge in [0.1, 0.15) is 5.69 Å². The lowest BCUT2D eigenvalue weighted by molar-refractivity contribution is 0.0682. The maximum Gasteiger partial charge on any atom is 0.352 e. The molecule has 100 valence electrons. The van der Waals surface area contributed by atoms with E-state index in [2.05, 4.69) is 22.6 Å². The van der Waals surface area contributed by atoms with Gasteiger partial charge < -0.3 is 9.67 Å². The molecule has 0 aliphatic heterocycles. The predicted octanol–water partition coefficient (Wildman–Crippen LogP) is 3.19. The maximum absolute atomic E-state index is 12.3. The van der Waals surface area contributed by atoms with Crippen molar-refractivity contribution in [2.24, 2.45) is 0 Å². The number of hydrogen-bond acceptors (Lipinski definition) is 2. The van der Waals surface area contributed by atoms with Gasteiger partial charge in [0.2, 0.25) is 0 Å². The number of hydrogen-bond donors (Lipinski definition) is 1. The van der Waals surface area contributed by atoms with Crippen molar-refractivity contribution in [3.05, 3.63) is 43.2 Å². The number of aromatic carboxylic acids is 1. The third-order valence-electron chi connectivity index (χ3n) is 3.12. The van der Waals surface area contributed by atoms with Gasteiger partial charge in [-0.05, 0) is 61.6 Å². The first-order valence-electron chi connectivity index (χ1n) is 5.92. The molecule has 19 heavy (non-hydrogen) atoms. The summed E-state index contributed by atoms with van der Waals surface area (Å²) in [7, 11) is 0. The summed E-state index contributed by atoms with van der Waals surface area (Å²) in [5, 5.41) is 9.94. The molecule has 0 amide bonds. The molecule has 0 bridgehead atoms. The minimum Gasteiger partial charge on any atom is -0.477 e. The monoisotopic (exact) mass is 371 g/mol. The van der Waals surface area contributed by atoms with Gasteiger partial charge in [0.15, 0.2) is 5.43 Å². The van der Waals surface area contributed by atoms with Crippen LogP contribution in [0.1, 0.15) is 35.9 Å². The van der Waals surface area contributed by atoms with E-state index < -0.39 is 5.97 Å². The van der Waals surface area contributed by atoms with Crippen LogP contribution in [0.15, 0.2) is 23.0 Å². The Balaban J connectivity index is 3.09. The quantitative estimate of drug-likeness (QED) is 0.825. The van der Waals surface area contributed by atoms with Crippen LogP contribution in [0.25, 0.3) is 10.9 Å². The molecular formula is C14H14INO3. The summed E-state index contributed by atoms with van der Waals surface area (Å²) in [6, 6.07) is 5.45. The van der Waals surface area contributed by atoms with E-state index in [9.17, 15) is 14.7 Å². The lowest BCUT2D eigenvalue weighted by Crippen LogP contribution is -2.23. The molecule has 0 fully saturated rings. The van der Waals surface area contributed by atoms with E-state index >= 15 is 0 Å². The molecular weight excluding hydrogens is 357 g/mol. The number of carbonyl (C=O) groups is 1. The second kappa shape index (κ2) is 4.96. The SMILES string of the molecule is Cc1c(C(=O)O)n(C(C)C)c2ccc(I)cc2c1=O. The first-order valence-corrected chi connectivity index (χ1v) is 7.00. The number of benzene rings is 1. The third-order valence-corrected chi connectivity index (χ3v) is 3.79. The van der Waals surface area contributed by atoms with Crippen molar-refractivity contribution in [2.75, 3.05) is 0 Å². The molecule has 0 saturated carbocycles. The molecule has 4 nitrogen and oxygen atoms in total. The molecule has 1 aromatic carbocycles. The number of pyridine rings is 1. The number of carboxylic acids is 1. The van der Waals surface area contributed by atoms with Gasteiger partial charge in [0.05, 0.1) is 5.52 Å². The number of fused-ring (bicyclic) bond motifs is 1. The van der Waals surface area contributed by atoms with Gasteiger partial charge >= 0.3 is 5.97 Å². The van der Waals surface area contributed by atoms with Crippen molar-refractivity contribution in [3.63, 3.8) is 0 Å². The fourth-order valence-electron chi connectivity index (χ4n) is 2.31. The molecule has 2 rings (SSSR count). The first-order chi connectivity index (χ1) is 8.84. The summed E-state index contributed by atoms with van der Waals surface area (Å²) in [6.07, 6.45) is 0. The van der Waals surface area contributed by atoms with Crippen LogP contribution < -0.4 is 5.43 Å². The molecule has 0 radical (unpaired) electrons. The normalized spacial score (nSPS) is 11.2. The van der Waals surface area contributed by atoms with Gasteiger partial charge in [-0.2, -0.15) is 0 Å². The van der Waals surface area contributed by atoms with E-state index in [0.717, 1.165) is 3.57 Å². The van der Waals surface area contributed by atoms with Gasteiger partial charge in [0, 0.05) is 20.6 Å². The smallest absolute Gasteiger partial charge is 0.352 e. The second-order valence-electron chi connectivity index (χ2n) is 4.73. The van der Waals surface area contributed by atoms with Crippen molar-refractivity contribution in [2.45, 2.75) is 26.8 Å². The van der Waals surface area contributed by atoms with Crippen LogP contribution in [0, 0.1) is 10.5 Å². The minimum absolute atomic E-state index is 0.0343. The average Bonchev–Trinajstić information content (AvgIpc) is 2.32. The highest BCUT2D eigenvalue weighted by atomic mass is 127. The van der Waals surface area contributed by atoms with Gasteiger partial charge in [0.25, 0.3) is 0 Å². The van der Waals surface area contributed by atoms with Crippen LogP contribution in [-0.4, -0.2) is 15.6 Å². The van der Waals surface area contributed by atoms with Crippen molar-refractivity contribution >= 4 is 39.5 Å². The number of carboxylic acid groups (broad SMARTS) is 1. The number of rotatable bonds is 2. The molecule has 1 aromatic heterocycles. The highest BCUT2D eigenvalue weighted by Gasteiger charge is 2.20. The highest BCUT2D eigenvalue weighted by Crippen LogP contribution is 2.22. The molecule has 0 aliphatic rings. The van der Waals surface area contributed by atoms with Crippen LogP contribution in [0.4, 0.5) is 0 Å². The Morgan fingerprint density at radius 1 is 1.37 bits per heavy atom. The lowest BCUT2D eigenvalue weighted by Gasteiger charge is -2.20. The molecule has 0 saturated heterocycles. The molecule has 1 N–H and O–H groups in total. The number of halogens is 1. The summed E-state index contributed by atoms with van der Waals surface area (Å²) >= 11 is 2.14. The zero-order valence-corrected chi connectivity index (χ0v) is 13.1. The van der Waals surface area contributed by atoms with Crippen molar-refractivity contribution in [1.29, 1.82) is 0 Å². The maximum atomic E-state index is 12.3. The highest BCUT2D eigenvalue weighted by molar-refractivity contribution is 14.1. The first kappa shape index (κ1) is 14.0. The van der Waals surface area contributed by atoms with Crippen LogP contribution in [0.2, 0.25) is 0 Å². The largest absolute Gasteiger partial charge is 0.477 e. The van der Waals surface area contributed by atoms with Crippen molar-refractivity contribution in [1.82, 2.24) is 4.57 Å². The van der Waals surface area contributed by atoms with Gasteiger partial charge in [-0.3, -0.25) is 4.79 Å². The van der Waals surface area contributed by atoms with Crippen LogP contribution in [-0.2, 0) is 0 Å². The van der Waals surface area contributed by atoms with E-state index in [-0.39, 0.29) is 22.7 Å². The van der Waals surface area contributed by atoms with E-state index in [4.69, 9.17) is 0 Å². The zero-order valence-electron chi connectivity index (χ0n) is 10.9. The molecule has 0 unspecified atom stereocenters. The Kier molecular flexibility index (Phi) is 3.66. The molecule has 0 atom stereocenters. The Labute approximate surface area is 124 Å². The fourth-order valence-corrected chi connectivity index (χ4v) is 2.80. The Morgan fingerprint density at radius 2 is 2.00 bits per heavy atom. The Bertz CT molecular complexity index is 732. The number of nitrogens with zero attached hydrogens (tertiary/aromatic N) is 1. The Morgan fingerprint density at radius 3 is 2.53 bits per heavy atom. The summed E-state index contributed by atoms with van der Waals surface area (Å²) < 4.78 is 2.67. The van der Waals surface area contributed by atoms with Crippen LogP contribution in [0.5, 0.6) is 0 Å². The lowest BCUT2D eigenvalue weighted by atomic mass is 10.1. The molecule has 5 heteroatoms. The van der Waals surface area contributed by atoms with E-state index in [1.54, 1.807) is 17.6 Å². The van der Waals surface area contributed by atoms with Crippen molar-refractivity contribution in [3.8, 4) is 0 Å². The third kappa shape index (κ3) is 2.27. The fraction of sp³-hybridized carbons (Fsp3) is 0.286. The van der Waals surface area contributed by atoms with E-state index in [1.165, 1.54) is 0 Å². The molecule has 2 aromatic rings. The predicted molar refractivity (Wildman–Crippen MR) is 83.0 cm³/mol. The summed E-state index contributed by atoms with van der Waals surface area (Å²) in [5.74, 6) is -1.07. The summed E-state index contributed by atoms with van der Waals surface area (Å²) in [5.41, 5.74) is 0.829. The van der Waals surface area contributed by atoms with E-state index in [0.29, 0.717) is 10.9 Å². The molecule has 0 spiro atoms. The topological polar surface area (TPSA) is 59.3 Å². The number of aromatic nitrogens is 1. The standard InChI is InChI=1S/C14H14INO3/c1-7(2)16-11-5-4-9(15)6-10(11)13(17)8(3)12(16)14(18)19/h4-7H,1-3H3,(H,18,19). The molecule has 1 heterocycles. The Hall–Kier alpha value is -1.37.